The molecule has 0 saturated heterocycles. The number of hydrogen-bond donors (Lipinski definition) is 2. The van der Waals surface area contributed by atoms with Crippen LogP contribution in [0.3, 0.4) is 0 Å². The van der Waals surface area contributed by atoms with Crippen LogP contribution < -0.4 is 15.4 Å². The van der Waals surface area contributed by atoms with Gasteiger partial charge in [-0.2, -0.15) is 0 Å². The van der Waals surface area contributed by atoms with Crippen LogP contribution in [0.2, 0.25) is 0 Å². The normalized spacial score (nSPS) is 12.2. The Morgan fingerprint density at radius 2 is 1.95 bits per heavy atom. The van der Waals surface area contributed by atoms with E-state index in [1.54, 1.807) is 14.2 Å². The number of benzene rings is 1. The Morgan fingerprint density at radius 1 is 1.23 bits per heavy atom. The zero-order chi connectivity index (χ0) is 16.6. The molecular formula is C15H23F2N3O2. The van der Waals surface area contributed by atoms with Crippen molar-refractivity contribution in [1.82, 2.24) is 10.6 Å². The maximum absolute atomic E-state index is 13.0. The van der Waals surface area contributed by atoms with Gasteiger partial charge in [-0.15, -0.1) is 0 Å². The van der Waals surface area contributed by atoms with E-state index in [0.29, 0.717) is 25.7 Å². The average Bonchev–Trinajstić information content (AvgIpc) is 2.50. The largest absolute Gasteiger partial charge is 0.492 e. The SMILES string of the molecule is CN=C(NCCOc1ccc(F)c(F)c1)NCC(C)(C)OC. The number of methoxy groups -OCH3 is 1. The third-order valence-corrected chi connectivity index (χ3v) is 3.01. The summed E-state index contributed by atoms with van der Waals surface area (Å²) in [4.78, 5) is 4.07. The van der Waals surface area contributed by atoms with E-state index < -0.39 is 11.6 Å². The molecule has 124 valence electrons. The summed E-state index contributed by atoms with van der Waals surface area (Å²) in [5.41, 5.74) is -0.306. The zero-order valence-electron chi connectivity index (χ0n) is 13.4. The fourth-order valence-electron chi connectivity index (χ4n) is 1.49. The average molecular weight is 315 g/mol. The lowest BCUT2D eigenvalue weighted by Gasteiger charge is -2.24. The first kappa shape index (κ1) is 18.2. The highest BCUT2D eigenvalue weighted by Crippen LogP contribution is 2.14. The number of rotatable bonds is 7. The van der Waals surface area contributed by atoms with E-state index in [1.165, 1.54) is 6.07 Å². The molecule has 1 aromatic carbocycles. The zero-order valence-corrected chi connectivity index (χ0v) is 13.4. The van der Waals surface area contributed by atoms with Crippen LogP contribution in [-0.2, 0) is 4.74 Å². The highest BCUT2D eigenvalue weighted by Gasteiger charge is 2.16. The fourth-order valence-corrected chi connectivity index (χ4v) is 1.49. The van der Waals surface area contributed by atoms with Crippen molar-refractivity contribution in [1.29, 1.82) is 0 Å². The Labute approximate surface area is 129 Å². The van der Waals surface area contributed by atoms with Crippen molar-refractivity contribution < 1.29 is 18.3 Å². The number of halogens is 2. The van der Waals surface area contributed by atoms with Gasteiger partial charge in [0.15, 0.2) is 17.6 Å². The van der Waals surface area contributed by atoms with Gasteiger partial charge in [-0.3, -0.25) is 4.99 Å². The Hall–Kier alpha value is -1.89. The van der Waals surface area contributed by atoms with Crippen LogP contribution in [0.4, 0.5) is 8.78 Å². The Bertz CT molecular complexity index is 508. The second kappa shape index (κ2) is 8.53. The van der Waals surface area contributed by atoms with Crippen molar-refractivity contribution in [3.63, 3.8) is 0 Å². The van der Waals surface area contributed by atoms with E-state index in [-0.39, 0.29) is 11.4 Å². The molecule has 5 nitrogen and oxygen atoms in total. The molecule has 0 aliphatic rings. The minimum atomic E-state index is -0.926. The molecular weight excluding hydrogens is 292 g/mol. The minimum Gasteiger partial charge on any atom is -0.492 e. The summed E-state index contributed by atoms with van der Waals surface area (Å²) in [6.45, 7) is 5.26. The molecule has 1 aromatic rings. The number of guanidine groups is 1. The van der Waals surface area contributed by atoms with Gasteiger partial charge in [0.25, 0.3) is 0 Å². The molecule has 0 bridgehead atoms. The maximum atomic E-state index is 13.0. The van der Waals surface area contributed by atoms with Gasteiger partial charge in [0.2, 0.25) is 0 Å². The van der Waals surface area contributed by atoms with E-state index in [2.05, 4.69) is 15.6 Å². The molecule has 0 aromatic heterocycles. The molecule has 0 saturated carbocycles. The Balaban J connectivity index is 2.31. The van der Waals surface area contributed by atoms with Crippen molar-refractivity contribution in [3.8, 4) is 5.75 Å². The van der Waals surface area contributed by atoms with E-state index in [4.69, 9.17) is 9.47 Å². The molecule has 2 N–H and O–H groups in total. The van der Waals surface area contributed by atoms with Crippen LogP contribution in [0.15, 0.2) is 23.2 Å². The monoisotopic (exact) mass is 315 g/mol. The molecule has 0 atom stereocenters. The van der Waals surface area contributed by atoms with Crippen LogP contribution in [0.25, 0.3) is 0 Å². The lowest BCUT2D eigenvalue weighted by atomic mass is 10.1. The molecule has 1 rings (SSSR count). The standard InChI is InChI=1S/C15H23F2N3O2/c1-15(2,21-4)10-20-14(18-3)19-7-8-22-11-5-6-12(16)13(17)9-11/h5-6,9H,7-8,10H2,1-4H3,(H2,18,19,20). The third-order valence-electron chi connectivity index (χ3n) is 3.01. The van der Waals surface area contributed by atoms with Gasteiger partial charge in [-0.05, 0) is 26.0 Å². The van der Waals surface area contributed by atoms with Crippen molar-refractivity contribution >= 4 is 5.96 Å². The van der Waals surface area contributed by atoms with Crippen LogP contribution in [0, 0.1) is 11.6 Å². The molecule has 0 spiro atoms. The molecule has 0 unspecified atom stereocenters. The van der Waals surface area contributed by atoms with Crippen molar-refractivity contribution in [2.24, 2.45) is 4.99 Å². The summed E-state index contributed by atoms with van der Waals surface area (Å²) in [6, 6.07) is 3.43. The highest BCUT2D eigenvalue weighted by atomic mass is 19.2. The molecule has 0 radical (unpaired) electrons. The molecule has 0 amide bonds. The fraction of sp³-hybridized carbons (Fsp3) is 0.533. The smallest absolute Gasteiger partial charge is 0.191 e. The van der Waals surface area contributed by atoms with E-state index >= 15 is 0 Å². The quantitative estimate of drug-likeness (QED) is 0.459. The van der Waals surface area contributed by atoms with Gasteiger partial charge in [0, 0.05) is 26.8 Å². The first-order chi connectivity index (χ1) is 10.4. The van der Waals surface area contributed by atoms with Crippen molar-refractivity contribution in [2.75, 3.05) is 33.9 Å². The predicted octanol–water partition coefficient (Wildman–Crippen LogP) is 1.93. The minimum absolute atomic E-state index is 0.282. The summed E-state index contributed by atoms with van der Waals surface area (Å²) in [7, 11) is 3.30. The first-order valence-electron chi connectivity index (χ1n) is 6.95. The van der Waals surface area contributed by atoms with Crippen molar-refractivity contribution in [3.05, 3.63) is 29.8 Å². The lowest BCUT2D eigenvalue weighted by Crippen LogP contribution is -2.46. The Morgan fingerprint density at radius 3 is 2.55 bits per heavy atom. The van der Waals surface area contributed by atoms with Crippen LogP contribution >= 0.6 is 0 Å². The van der Waals surface area contributed by atoms with E-state index in [9.17, 15) is 8.78 Å². The van der Waals surface area contributed by atoms with Crippen LogP contribution in [-0.4, -0.2) is 45.4 Å². The Kier molecular flexibility index (Phi) is 7.04. The van der Waals surface area contributed by atoms with Gasteiger partial charge in [0.05, 0.1) is 12.1 Å². The first-order valence-corrected chi connectivity index (χ1v) is 6.95. The van der Waals surface area contributed by atoms with Crippen LogP contribution in [0.1, 0.15) is 13.8 Å². The van der Waals surface area contributed by atoms with E-state index in [1.807, 2.05) is 13.8 Å². The second-order valence-corrected chi connectivity index (χ2v) is 5.24. The molecule has 0 fully saturated rings. The number of ether oxygens (including phenoxy) is 2. The topological polar surface area (TPSA) is 54.9 Å². The molecule has 22 heavy (non-hydrogen) atoms. The number of nitrogens with one attached hydrogen (secondary N) is 2. The summed E-state index contributed by atoms with van der Waals surface area (Å²) >= 11 is 0. The third kappa shape index (κ3) is 6.26. The second-order valence-electron chi connectivity index (χ2n) is 5.24. The number of hydrogen-bond acceptors (Lipinski definition) is 3. The highest BCUT2D eigenvalue weighted by molar-refractivity contribution is 5.79. The van der Waals surface area contributed by atoms with E-state index in [0.717, 1.165) is 12.1 Å². The molecule has 7 heteroatoms. The lowest BCUT2D eigenvalue weighted by molar-refractivity contribution is 0.0268. The van der Waals surface area contributed by atoms with Gasteiger partial charge < -0.3 is 20.1 Å². The van der Waals surface area contributed by atoms with Crippen molar-refractivity contribution in [2.45, 2.75) is 19.4 Å². The summed E-state index contributed by atoms with van der Waals surface area (Å²) in [5.74, 6) is -0.927. The molecule has 0 aliphatic heterocycles. The number of nitrogens with zero attached hydrogens (tertiary/aromatic N) is 1. The predicted molar refractivity (Wildman–Crippen MR) is 82.3 cm³/mol. The van der Waals surface area contributed by atoms with Gasteiger partial charge >= 0.3 is 0 Å². The molecule has 0 heterocycles. The summed E-state index contributed by atoms with van der Waals surface area (Å²) < 4.78 is 36.4. The number of aliphatic imine (C=N–C) groups is 1. The maximum Gasteiger partial charge on any atom is 0.191 e. The van der Waals surface area contributed by atoms with Gasteiger partial charge in [0.1, 0.15) is 12.4 Å². The summed E-state index contributed by atoms with van der Waals surface area (Å²) in [5, 5.41) is 6.18. The summed E-state index contributed by atoms with van der Waals surface area (Å²) in [6.07, 6.45) is 0. The molecule has 0 aliphatic carbocycles. The van der Waals surface area contributed by atoms with Crippen LogP contribution in [0.5, 0.6) is 5.75 Å². The van der Waals surface area contributed by atoms with Gasteiger partial charge in [-0.25, -0.2) is 8.78 Å². The van der Waals surface area contributed by atoms with Gasteiger partial charge in [-0.1, -0.05) is 0 Å².